The highest BCUT2D eigenvalue weighted by Crippen LogP contribution is 2.32. The van der Waals surface area contributed by atoms with Crippen molar-refractivity contribution >= 4 is 6.03 Å². The van der Waals surface area contributed by atoms with Crippen molar-refractivity contribution in [3.8, 4) is 0 Å². The first kappa shape index (κ1) is 21.3. The van der Waals surface area contributed by atoms with E-state index in [0.717, 1.165) is 6.42 Å². The number of rotatable bonds is 12. The summed E-state index contributed by atoms with van der Waals surface area (Å²) < 4.78 is 0. The van der Waals surface area contributed by atoms with Crippen molar-refractivity contribution in [2.24, 2.45) is 5.92 Å². The van der Waals surface area contributed by atoms with E-state index in [1.54, 1.807) is 0 Å². The molecule has 0 aliphatic heterocycles. The summed E-state index contributed by atoms with van der Waals surface area (Å²) in [5.41, 5.74) is -0.0840. The Morgan fingerprint density at radius 1 is 0.955 bits per heavy atom. The number of carbonyl (C=O) groups is 1. The summed E-state index contributed by atoms with van der Waals surface area (Å²) in [4.78, 5) is 12.3. The van der Waals surface area contributed by atoms with Crippen LogP contribution >= 0.6 is 0 Å². The average molecular weight is 313 g/mol. The number of carbonyl (C=O) groups excluding carboxylic acids is 1. The molecule has 3 heteroatoms. The fourth-order valence-electron chi connectivity index (χ4n) is 3.15. The Morgan fingerprint density at radius 3 is 1.86 bits per heavy atom. The molecule has 0 saturated carbocycles. The lowest BCUT2D eigenvalue weighted by atomic mass is 9.76. The van der Waals surface area contributed by atoms with E-state index < -0.39 is 0 Å². The molecule has 0 aliphatic rings. The van der Waals surface area contributed by atoms with Crippen molar-refractivity contribution in [1.82, 2.24) is 10.6 Å². The van der Waals surface area contributed by atoms with Crippen molar-refractivity contribution in [2.75, 3.05) is 0 Å². The van der Waals surface area contributed by atoms with Crippen LogP contribution in [0.2, 0.25) is 0 Å². The lowest BCUT2D eigenvalue weighted by molar-refractivity contribution is 0.173. The van der Waals surface area contributed by atoms with Gasteiger partial charge in [-0.2, -0.15) is 0 Å². The van der Waals surface area contributed by atoms with Gasteiger partial charge in [0, 0.05) is 11.6 Å². The quantitative estimate of drug-likeness (QED) is 0.481. The van der Waals surface area contributed by atoms with Gasteiger partial charge in [0.25, 0.3) is 0 Å². The Bertz CT molecular complexity index is 283. The molecule has 2 amide bonds. The minimum atomic E-state index is -0.0840. The number of amides is 2. The summed E-state index contributed by atoms with van der Waals surface area (Å²) in [5, 5.41) is 6.32. The lowest BCUT2D eigenvalue weighted by Gasteiger charge is -2.39. The van der Waals surface area contributed by atoms with Crippen LogP contribution < -0.4 is 10.6 Å². The summed E-state index contributed by atoms with van der Waals surface area (Å²) in [6, 6.07) is 0.173. The number of urea groups is 1. The minimum Gasteiger partial charge on any atom is -0.336 e. The molecule has 0 bridgehead atoms. The molecule has 0 saturated heterocycles. The third-order valence-electron chi connectivity index (χ3n) is 4.58. The highest BCUT2D eigenvalue weighted by atomic mass is 16.2. The maximum absolute atomic E-state index is 12.3. The van der Waals surface area contributed by atoms with Gasteiger partial charge >= 0.3 is 6.03 Å². The highest BCUT2D eigenvalue weighted by Gasteiger charge is 2.34. The van der Waals surface area contributed by atoms with Crippen molar-refractivity contribution in [1.29, 1.82) is 0 Å². The van der Waals surface area contributed by atoms with Crippen LogP contribution in [-0.4, -0.2) is 17.6 Å². The Balaban J connectivity index is 4.98. The summed E-state index contributed by atoms with van der Waals surface area (Å²) in [6.45, 7) is 13.0. The maximum atomic E-state index is 12.3. The van der Waals surface area contributed by atoms with Crippen molar-refractivity contribution in [3.05, 3.63) is 0 Å². The molecule has 0 fully saturated rings. The van der Waals surface area contributed by atoms with Crippen LogP contribution in [0.1, 0.15) is 99.3 Å². The van der Waals surface area contributed by atoms with Gasteiger partial charge in [-0.25, -0.2) is 4.79 Å². The highest BCUT2D eigenvalue weighted by molar-refractivity contribution is 5.75. The van der Waals surface area contributed by atoms with E-state index in [1.165, 1.54) is 51.4 Å². The van der Waals surface area contributed by atoms with Crippen LogP contribution in [-0.2, 0) is 0 Å². The summed E-state index contributed by atoms with van der Waals surface area (Å²) in [5.74, 6) is 0.580. The molecule has 2 N–H and O–H groups in total. The van der Waals surface area contributed by atoms with E-state index in [9.17, 15) is 4.79 Å². The monoisotopic (exact) mass is 312 g/mol. The Kier molecular flexibility index (Phi) is 11.4. The molecule has 22 heavy (non-hydrogen) atoms. The number of hydrogen-bond donors (Lipinski definition) is 2. The third kappa shape index (κ3) is 8.65. The average Bonchev–Trinajstić information content (AvgIpc) is 2.44. The van der Waals surface area contributed by atoms with E-state index in [4.69, 9.17) is 0 Å². The topological polar surface area (TPSA) is 41.1 Å². The van der Waals surface area contributed by atoms with Gasteiger partial charge in [0.15, 0.2) is 0 Å². The second kappa shape index (κ2) is 11.8. The van der Waals surface area contributed by atoms with E-state index in [1.807, 2.05) is 13.8 Å². The second-order valence-electron chi connectivity index (χ2n) is 7.26. The summed E-state index contributed by atoms with van der Waals surface area (Å²) >= 11 is 0. The van der Waals surface area contributed by atoms with Gasteiger partial charge in [0.05, 0.1) is 0 Å². The van der Waals surface area contributed by atoms with Crippen molar-refractivity contribution in [3.63, 3.8) is 0 Å². The normalized spacial score (nSPS) is 14.2. The Morgan fingerprint density at radius 2 is 1.45 bits per heavy atom. The Labute approximate surface area is 139 Å². The smallest absolute Gasteiger partial charge is 0.315 e. The zero-order chi connectivity index (χ0) is 17.0. The Hall–Kier alpha value is -0.730. The summed E-state index contributed by atoms with van der Waals surface area (Å²) in [6.07, 6.45) is 10.8. The van der Waals surface area contributed by atoms with Crippen LogP contribution in [0.15, 0.2) is 0 Å². The SMILES string of the molecule is CCCCC(CCCC)C(C)(CCCC)NC(=O)NC(C)C. The summed E-state index contributed by atoms with van der Waals surface area (Å²) in [7, 11) is 0. The van der Waals surface area contributed by atoms with Crippen LogP contribution in [0.4, 0.5) is 4.79 Å². The van der Waals surface area contributed by atoms with Gasteiger partial charge < -0.3 is 10.6 Å². The predicted molar refractivity (Wildman–Crippen MR) is 97.3 cm³/mol. The first-order valence-electron chi connectivity index (χ1n) is 9.48. The van der Waals surface area contributed by atoms with Crippen molar-refractivity contribution < 1.29 is 4.79 Å². The lowest BCUT2D eigenvalue weighted by Crippen LogP contribution is -2.55. The molecular weight excluding hydrogens is 272 g/mol. The fourth-order valence-corrected chi connectivity index (χ4v) is 3.15. The molecule has 0 radical (unpaired) electrons. The van der Waals surface area contributed by atoms with Crippen LogP contribution in [0.3, 0.4) is 0 Å². The number of hydrogen-bond acceptors (Lipinski definition) is 1. The van der Waals surface area contributed by atoms with Gasteiger partial charge in [-0.15, -0.1) is 0 Å². The number of nitrogens with one attached hydrogen (secondary N) is 2. The molecule has 132 valence electrons. The van der Waals surface area contributed by atoms with E-state index in [2.05, 4.69) is 38.3 Å². The first-order chi connectivity index (χ1) is 10.4. The van der Waals surface area contributed by atoms with Gasteiger partial charge in [0.2, 0.25) is 0 Å². The number of unbranched alkanes of at least 4 members (excludes halogenated alkanes) is 3. The zero-order valence-corrected chi connectivity index (χ0v) is 15.9. The maximum Gasteiger partial charge on any atom is 0.315 e. The second-order valence-corrected chi connectivity index (χ2v) is 7.26. The van der Waals surface area contributed by atoms with Crippen LogP contribution in [0.5, 0.6) is 0 Å². The molecule has 0 aliphatic carbocycles. The third-order valence-corrected chi connectivity index (χ3v) is 4.58. The van der Waals surface area contributed by atoms with Gasteiger partial charge in [-0.3, -0.25) is 0 Å². The van der Waals surface area contributed by atoms with E-state index in [0.29, 0.717) is 5.92 Å². The molecule has 3 nitrogen and oxygen atoms in total. The standard InChI is InChI=1S/C19H40N2O/c1-7-10-13-17(14-11-8-2)19(6,15-12-9-3)21-18(22)20-16(4)5/h16-17H,7-15H2,1-6H3,(H2,20,21,22). The van der Waals surface area contributed by atoms with Crippen LogP contribution in [0, 0.1) is 5.92 Å². The predicted octanol–water partition coefficient (Wildman–Crippen LogP) is 5.64. The molecule has 1 atom stereocenters. The van der Waals surface area contributed by atoms with E-state index in [-0.39, 0.29) is 17.6 Å². The van der Waals surface area contributed by atoms with E-state index >= 15 is 0 Å². The molecule has 0 aromatic heterocycles. The minimum absolute atomic E-state index is 0.00778. The fraction of sp³-hybridized carbons (Fsp3) is 0.947. The van der Waals surface area contributed by atoms with Gasteiger partial charge in [-0.1, -0.05) is 59.3 Å². The zero-order valence-electron chi connectivity index (χ0n) is 15.9. The van der Waals surface area contributed by atoms with Crippen LogP contribution in [0.25, 0.3) is 0 Å². The van der Waals surface area contributed by atoms with Gasteiger partial charge in [-0.05, 0) is 46.0 Å². The largest absolute Gasteiger partial charge is 0.336 e. The molecular formula is C19H40N2O. The molecule has 0 spiro atoms. The molecule has 0 heterocycles. The molecule has 0 rings (SSSR count). The van der Waals surface area contributed by atoms with Gasteiger partial charge in [0.1, 0.15) is 0 Å². The molecule has 1 unspecified atom stereocenters. The molecule has 0 aromatic rings. The first-order valence-corrected chi connectivity index (χ1v) is 9.48. The van der Waals surface area contributed by atoms with Crippen molar-refractivity contribution in [2.45, 2.75) is 111 Å². The molecule has 0 aromatic carbocycles.